The standard InChI is InChI=1S/C16H20ClN3O3S2/c1-3-19-12-8-7-11(17)10-14(12)24-16(19)18-15(21)13-6-4-5-9-20(13)25(2,22)23/h7-8,10,13H,3-6,9H2,1-2H3. The van der Waals surface area contributed by atoms with Crippen molar-refractivity contribution in [2.75, 3.05) is 12.8 Å². The van der Waals surface area contributed by atoms with Crippen LogP contribution in [0.3, 0.4) is 0 Å². The molecular formula is C16H20ClN3O3S2. The van der Waals surface area contributed by atoms with Crippen molar-refractivity contribution in [2.45, 2.75) is 38.8 Å². The van der Waals surface area contributed by atoms with Crippen LogP contribution in [0.5, 0.6) is 0 Å². The predicted molar refractivity (Wildman–Crippen MR) is 100 cm³/mol. The zero-order valence-corrected chi connectivity index (χ0v) is 16.5. The molecule has 9 heteroatoms. The topological polar surface area (TPSA) is 71.7 Å². The highest BCUT2D eigenvalue weighted by molar-refractivity contribution is 7.88. The second-order valence-corrected chi connectivity index (χ2v) is 9.46. The average Bonchev–Trinajstić information content (AvgIpc) is 2.89. The number of piperidine rings is 1. The van der Waals surface area contributed by atoms with Crippen molar-refractivity contribution in [2.24, 2.45) is 4.99 Å². The number of aromatic nitrogens is 1. The maximum absolute atomic E-state index is 12.7. The Hall–Kier alpha value is -1.22. The van der Waals surface area contributed by atoms with Gasteiger partial charge in [-0.15, -0.1) is 0 Å². The van der Waals surface area contributed by atoms with Crippen LogP contribution in [0.25, 0.3) is 10.2 Å². The number of amides is 1. The van der Waals surface area contributed by atoms with Crippen molar-refractivity contribution in [3.05, 3.63) is 28.0 Å². The molecule has 1 amide bonds. The number of aryl methyl sites for hydroxylation is 1. The van der Waals surface area contributed by atoms with Gasteiger partial charge in [-0.3, -0.25) is 4.79 Å². The summed E-state index contributed by atoms with van der Waals surface area (Å²) in [6.07, 6.45) is 3.26. The average molecular weight is 402 g/mol. The Kier molecular flexibility index (Phi) is 5.34. The van der Waals surface area contributed by atoms with E-state index in [1.807, 2.05) is 23.6 Å². The minimum Gasteiger partial charge on any atom is -0.317 e. The number of sulfonamides is 1. The predicted octanol–water partition coefficient (Wildman–Crippen LogP) is 2.62. The normalized spacial score (nSPS) is 20.3. The van der Waals surface area contributed by atoms with Crippen LogP contribution in [-0.4, -0.2) is 42.0 Å². The summed E-state index contributed by atoms with van der Waals surface area (Å²) in [5.41, 5.74) is 0.965. The maximum Gasteiger partial charge on any atom is 0.266 e. The van der Waals surface area contributed by atoms with Crippen LogP contribution < -0.4 is 4.80 Å². The summed E-state index contributed by atoms with van der Waals surface area (Å²) >= 11 is 7.43. The highest BCUT2D eigenvalue weighted by Crippen LogP contribution is 2.23. The molecule has 1 unspecified atom stereocenters. The fraction of sp³-hybridized carbons (Fsp3) is 0.500. The molecule has 0 N–H and O–H groups in total. The second kappa shape index (κ2) is 7.19. The summed E-state index contributed by atoms with van der Waals surface area (Å²) in [5.74, 6) is -0.398. The Bertz CT molecular complexity index is 978. The Morgan fingerprint density at radius 3 is 2.84 bits per heavy atom. The van der Waals surface area contributed by atoms with Crippen LogP contribution in [0.15, 0.2) is 23.2 Å². The third kappa shape index (κ3) is 3.81. The van der Waals surface area contributed by atoms with Gasteiger partial charge >= 0.3 is 0 Å². The molecule has 0 bridgehead atoms. The Morgan fingerprint density at radius 1 is 1.40 bits per heavy atom. The van der Waals surface area contributed by atoms with Crippen LogP contribution in [0.4, 0.5) is 0 Å². The molecule has 1 atom stereocenters. The minimum absolute atomic E-state index is 0.376. The van der Waals surface area contributed by atoms with E-state index in [1.54, 1.807) is 6.07 Å². The van der Waals surface area contributed by atoms with Crippen LogP contribution in [0.2, 0.25) is 5.02 Å². The zero-order valence-electron chi connectivity index (χ0n) is 14.1. The number of hydrogen-bond donors (Lipinski definition) is 0. The van der Waals surface area contributed by atoms with Gasteiger partial charge in [-0.25, -0.2) is 8.42 Å². The third-order valence-electron chi connectivity index (χ3n) is 4.33. The highest BCUT2D eigenvalue weighted by Gasteiger charge is 2.34. The molecule has 0 saturated carbocycles. The Labute approximate surface area is 155 Å². The summed E-state index contributed by atoms with van der Waals surface area (Å²) < 4.78 is 28.1. The van der Waals surface area contributed by atoms with Crippen molar-refractivity contribution in [1.82, 2.24) is 8.87 Å². The number of carbonyl (C=O) groups excluding carboxylic acids is 1. The summed E-state index contributed by atoms with van der Waals surface area (Å²) in [5, 5.41) is 0.630. The third-order valence-corrected chi connectivity index (χ3v) is 6.90. The monoisotopic (exact) mass is 401 g/mol. The van der Waals surface area contributed by atoms with E-state index in [-0.39, 0.29) is 0 Å². The Balaban J connectivity index is 2.04. The van der Waals surface area contributed by atoms with Crippen LogP contribution >= 0.6 is 22.9 Å². The van der Waals surface area contributed by atoms with Crippen molar-refractivity contribution < 1.29 is 13.2 Å². The molecule has 1 aromatic carbocycles. The van der Waals surface area contributed by atoms with Gasteiger partial charge in [0, 0.05) is 18.1 Å². The summed E-state index contributed by atoms with van der Waals surface area (Å²) in [4.78, 5) is 17.6. The fourth-order valence-electron chi connectivity index (χ4n) is 3.16. The minimum atomic E-state index is -3.43. The molecule has 1 fully saturated rings. The first kappa shape index (κ1) is 18.6. The molecular weight excluding hydrogens is 382 g/mol. The summed E-state index contributed by atoms with van der Waals surface area (Å²) in [7, 11) is -3.43. The van der Waals surface area contributed by atoms with Crippen LogP contribution in [0.1, 0.15) is 26.2 Å². The fourth-order valence-corrected chi connectivity index (χ4v) is 5.65. The highest BCUT2D eigenvalue weighted by atomic mass is 35.5. The van der Waals surface area contributed by atoms with Gasteiger partial charge < -0.3 is 4.57 Å². The van der Waals surface area contributed by atoms with Crippen LogP contribution in [0, 0.1) is 0 Å². The van der Waals surface area contributed by atoms with Crippen molar-refractivity contribution in [3.8, 4) is 0 Å². The van der Waals surface area contributed by atoms with Crippen molar-refractivity contribution in [3.63, 3.8) is 0 Å². The molecule has 2 heterocycles. The SMILES string of the molecule is CCn1c(=NC(=O)C2CCCCN2S(C)(=O)=O)sc2cc(Cl)ccc21. The smallest absolute Gasteiger partial charge is 0.266 e. The number of hydrogen-bond acceptors (Lipinski definition) is 4. The zero-order chi connectivity index (χ0) is 18.2. The molecule has 0 radical (unpaired) electrons. The number of halogens is 1. The molecule has 136 valence electrons. The van der Waals surface area contributed by atoms with E-state index in [0.717, 1.165) is 29.3 Å². The van der Waals surface area contributed by atoms with Gasteiger partial charge in [0.1, 0.15) is 6.04 Å². The molecule has 1 saturated heterocycles. The number of fused-ring (bicyclic) bond motifs is 1. The number of benzene rings is 1. The first-order valence-electron chi connectivity index (χ1n) is 8.15. The van der Waals surface area contributed by atoms with E-state index in [1.165, 1.54) is 15.6 Å². The Morgan fingerprint density at radius 2 is 2.16 bits per heavy atom. The number of nitrogens with zero attached hydrogens (tertiary/aromatic N) is 3. The molecule has 3 rings (SSSR count). The van der Waals surface area contributed by atoms with E-state index in [4.69, 9.17) is 11.6 Å². The molecule has 0 spiro atoms. The van der Waals surface area contributed by atoms with Crippen LogP contribution in [-0.2, 0) is 21.4 Å². The molecule has 6 nitrogen and oxygen atoms in total. The maximum atomic E-state index is 12.7. The molecule has 1 aliphatic heterocycles. The quantitative estimate of drug-likeness (QED) is 0.793. The van der Waals surface area contributed by atoms with Crippen molar-refractivity contribution in [1.29, 1.82) is 0 Å². The van der Waals surface area contributed by atoms with E-state index in [0.29, 0.717) is 29.3 Å². The van der Waals surface area contributed by atoms with E-state index in [2.05, 4.69) is 4.99 Å². The molecule has 2 aromatic rings. The first-order chi connectivity index (χ1) is 11.8. The lowest BCUT2D eigenvalue weighted by Gasteiger charge is -2.31. The summed E-state index contributed by atoms with van der Waals surface area (Å²) in [6.45, 7) is 3.02. The van der Waals surface area contributed by atoms with E-state index < -0.39 is 22.0 Å². The lowest BCUT2D eigenvalue weighted by Crippen LogP contribution is -2.47. The second-order valence-electron chi connectivity index (χ2n) is 6.08. The van der Waals surface area contributed by atoms with E-state index in [9.17, 15) is 13.2 Å². The van der Waals surface area contributed by atoms with Gasteiger partial charge in [-0.2, -0.15) is 9.30 Å². The van der Waals surface area contributed by atoms with Gasteiger partial charge in [0.2, 0.25) is 10.0 Å². The van der Waals surface area contributed by atoms with Crippen molar-refractivity contribution >= 4 is 49.1 Å². The molecule has 1 aliphatic rings. The lowest BCUT2D eigenvalue weighted by molar-refractivity contribution is -0.122. The lowest BCUT2D eigenvalue weighted by atomic mass is 10.0. The molecule has 0 aliphatic carbocycles. The number of carbonyl (C=O) groups is 1. The van der Waals surface area contributed by atoms with E-state index >= 15 is 0 Å². The van der Waals surface area contributed by atoms with Gasteiger partial charge in [-0.05, 0) is 38.0 Å². The van der Waals surface area contributed by atoms with Gasteiger partial charge in [-0.1, -0.05) is 29.4 Å². The summed E-state index contributed by atoms with van der Waals surface area (Å²) in [6, 6.07) is 4.86. The number of thiazole rings is 1. The first-order valence-corrected chi connectivity index (χ1v) is 11.2. The van der Waals surface area contributed by atoms with Gasteiger partial charge in [0.15, 0.2) is 4.80 Å². The number of rotatable bonds is 3. The molecule has 1 aromatic heterocycles. The largest absolute Gasteiger partial charge is 0.317 e. The molecule has 25 heavy (non-hydrogen) atoms. The van der Waals surface area contributed by atoms with Gasteiger partial charge in [0.05, 0.1) is 16.5 Å². The van der Waals surface area contributed by atoms with Gasteiger partial charge in [0.25, 0.3) is 5.91 Å².